The summed E-state index contributed by atoms with van der Waals surface area (Å²) in [5.74, 6) is 0. The number of rotatable bonds is 7. The first-order valence-corrected chi connectivity index (χ1v) is 7.66. The number of thiophene rings is 1. The fourth-order valence-corrected chi connectivity index (χ4v) is 3.47. The Morgan fingerprint density at radius 3 is 3.06 bits per heavy atom. The number of nitrogens with zero attached hydrogens (tertiary/aromatic N) is 1. The molecule has 0 bridgehead atoms. The van der Waals surface area contributed by atoms with E-state index in [0.717, 1.165) is 37.1 Å². The molecule has 3 nitrogen and oxygen atoms in total. The Morgan fingerprint density at radius 1 is 1.56 bits per heavy atom. The average Bonchev–Trinajstić information content (AvgIpc) is 2.98. The predicted octanol–water partition coefficient (Wildman–Crippen LogP) is 2.60. The monoisotopic (exact) mass is 288 g/mol. The van der Waals surface area contributed by atoms with Crippen molar-refractivity contribution in [2.75, 3.05) is 33.4 Å². The van der Waals surface area contributed by atoms with E-state index in [1.54, 1.807) is 18.4 Å². The lowest BCUT2D eigenvalue weighted by molar-refractivity contribution is 0.139. The molecule has 1 atom stereocenters. The van der Waals surface area contributed by atoms with Crippen LogP contribution in [0.3, 0.4) is 0 Å². The van der Waals surface area contributed by atoms with Crippen molar-refractivity contribution in [3.8, 4) is 0 Å². The van der Waals surface area contributed by atoms with Gasteiger partial charge in [0, 0.05) is 37.7 Å². The van der Waals surface area contributed by atoms with Crippen LogP contribution in [0.2, 0.25) is 4.34 Å². The van der Waals surface area contributed by atoms with Gasteiger partial charge in [0.05, 0.1) is 10.9 Å². The molecular weight excluding hydrogens is 268 g/mol. The molecule has 1 saturated heterocycles. The van der Waals surface area contributed by atoms with Crippen molar-refractivity contribution >= 4 is 22.9 Å². The number of methoxy groups -OCH3 is 1. The summed E-state index contributed by atoms with van der Waals surface area (Å²) in [4.78, 5) is 3.78. The highest BCUT2D eigenvalue weighted by atomic mass is 35.5. The van der Waals surface area contributed by atoms with Gasteiger partial charge in [-0.15, -0.1) is 11.3 Å². The Labute approximate surface area is 118 Å². The van der Waals surface area contributed by atoms with Crippen LogP contribution < -0.4 is 5.32 Å². The molecule has 2 heterocycles. The summed E-state index contributed by atoms with van der Waals surface area (Å²) in [6.07, 6.45) is 2.59. The van der Waals surface area contributed by atoms with Gasteiger partial charge in [0.2, 0.25) is 0 Å². The second-order valence-corrected chi connectivity index (χ2v) is 6.53. The van der Waals surface area contributed by atoms with E-state index in [1.807, 2.05) is 6.07 Å². The number of hydrogen-bond donors (Lipinski definition) is 1. The Kier molecular flexibility index (Phi) is 5.92. The van der Waals surface area contributed by atoms with Gasteiger partial charge in [-0.25, -0.2) is 0 Å². The molecular formula is C13H21ClN2OS. The van der Waals surface area contributed by atoms with Gasteiger partial charge in [-0.1, -0.05) is 11.6 Å². The van der Waals surface area contributed by atoms with E-state index in [-0.39, 0.29) is 0 Å². The van der Waals surface area contributed by atoms with Crippen LogP contribution in [0.5, 0.6) is 0 Å². The zero-order valence-electron chi connectivity index (χ0n) is 10.8. The molecule has 0 aliphatic carbocycles. The molecule has 0 aromatic carbocycles. The van der Waals surface area contributed by atoms with Gasteiger partial charge in [0.1, 0.15) is 0 Å². The third-order valence-corrected chi connectivity index (χ3v) is 4.48. The van der Waals surface area contributed by atoms with Crippen molar-refractivity contribution in [3.05, 3.63) is 21.3 Å². The molecule has 0 amide bonds. The molecule has 0 radical (unpaired) electrons. The normalized spacial score (nSPS) is 19.8. The molecule has 5 heteroatoms. The maximum Gasteiger partial charge on any atom is 0.0931 e. The van der Waals surface area contributed by atoms with Crippen molar-refractivity contribution in [2.24, 2.45) is 0 Å². The lowest BCUT2D eigenvalue weighted by Gasteiger charge is -2.24. The number of hydrogen-bond acceptors (Lipinski definition) is 4. The summed E-state index contributed by atoms with van der Waals surface area (Å²) in [5, 5.41) is 3.55. The van der Waals surface area contributed by atoms with Crippen molar-refractivity contribution in [1.29, 1.82) is 0 Å². The number of ether oxygens (including phenoxy) is 1. The highest BCUT2D eigenvalue weighted by Crippen LogP contribution is 2.23. The van der Waals surface area contributed by atoms with Crippen LogP contribution >= 0.6 is 22.9 Å². The third kappa shape index (κ3) is 4.52. The molecule has 102 valence electrons. The van der Waals surface area contributed by atoms with E-state index in [4.69, 9.17) is 16.3 Å². The highest BCUT2D eigenvalue weighted by molar-refractivity contribution is 7.16. The Hall–Kier alpha value is -0.130. The first kappa shape index (κ1) is 14.3. The van der Waals surface area contributed by atoms with Crippen LogP contribution in [-0.4, -0.2) is 44.3 Å². The van der Waals surface area contributed by atoms with E-state index < -0.39 is 0 Å². The largest absolute Gasteiger partial charge is 0.383 e. The lowest BCUT2D eigenvalue weighted by Crippen LogP contribution is -2.38. The molecule has 2 rings (SSSR count). The standard InChI is InChI=1S/C13H21ClN2OS/c1-17-8-7-16(9-11-3-2-6-15-11)10-12-4-5-13(14)18-12/h4-5,11,15H,2-3,6-10H2,1H3. The number of halogens is 1. The lowest BCUT2D eigenvalue weighted by atomic mass is 10.2. The molecule has 1 N–H and O–H groups in total. The van der Waals surface area contributed by atoms with Crippen LogP contribution in [0, 0.1) is 0 Å². The molecule has 1 aliphatic rings. The average molecular weight is 289 g/mol. The predicted molar refractivity (Wildman–Crippen MR) is 77.5 cm³/mol. The maximum absolute atomic E-state index is 5.98. The topological polar surface area (TPSA) is 24.5 Å². The van der Waals surface area contributed by atoms with Crippen LogP contribution in [0.25, 0.3) is 0 Å². The van der Waals surface area contributed by atoms with Gasteiger partial charge in [-0.2, -0.15) is 0 Å². The van der Waals surface area contributed by atoms with Gasteiger partial charge < -0.3 is 10.1 Å². The van der Waals surface area contributed by atoms with Crippen molar-refractivity contribution in [2.45, 2.75) is 25.4 Å². The van der Waals surface area contributed by atoms with Crippen LogP contribution in [0.4, 0.5) is 0 Å². The first-order valence-electron chi connectivity index (χ1n) is 6.47. The van der Waals surface area contributed by atoms with Gasteiger partial charge in [-0.3, -0.25) is 4.90 Å². The zero-order chi connectivity index (χ0) is 12.8. The zero-order valence-corrected chi connectivity index (χ0v) is 12.4. The second kappa shape index (κ2) is 7.46. The van der Waals surface area contributed by atoms with E-state index in [1.165, 1.54) is 17.7 Å². The van der Waals surface area contributed by atoms with Crippen molar-refractivity contribution in [3.63, 3.8) is 0 Å². The molecule has 0 spiro atoms. The minimum Gasteiger partial charge on any atom is -0.383 e. The first-order chi connectivity index (χ1) is 8.78. The SMILES string of the molecule is COCCN(Cc1ccc(Cl)s1)CC1CCCN1. The van der Waals surface area contributed by atoms with Crippen molar-refractivity contribution in [1.82, 2.24) is 10.2 Å². The maximum atomic E-state index is 5.98. The fourth-order valence-electron chi connectivity index (χ4n) is 2.34. The van der Waals surface area contributed by atoms with Gasteiger partial charge in [0.15, 0.2) is 0 Å². The van der Waals surface area contributed by atoms with E-state index in [0.29, 0.717) is 6.04 Å². The summed E-state index contributed by atoms with van der Waals surface area (Å²) in [6, 6.07) is 4.73. The van der Waals surface area contributed by atoms with Gasteiger partial charge in [-0.05, 0) is 31.5 Å². The van der Waals surface area contributed by atoms with Crippen molar-refractivity contribution < 1.29 is 4.74 Å². The van der Waals surface area contributed by atoms with Gasteiger partial charge in [0.25, 0.3) is 0 Å². The quantitative estimate of drug-likeness (QED) is 0.835. The van der Waals surface area contributed by atoms with Crippen LogP contribution in [-0.2, 0) is 11.3 Å². The molecule has 1 unspecified atom stereocenters. The number of nitrogens with one attached hydrogen (secondary N) is 1. The highest BCUT2D eigenvalue weighted by Gasteiger charge is 2.18. The molecule has 1 aliphatic heterocycles. The Balaban J connectivity index is 1.86. The molecule has 1 fully saturated rings. The molecule has 1 aromatic rings. The molecule has 1 aromatic heterocycles. The summed E-state index contributed by atoms with van der Waals surface area (Å²) in [5.41, 5.74) is 0. The van der Waals surface area contributed by atoms with E-state index in [9.17, 15) is 0 Å². The fraction of sp³-hybridized carbons (Fsp3) is 0.692. The minimum absolute atomic E-state index is 0.636. The Bertz CT molecular complexity index is 353. The smallest absolute Gasteiger partial charge is 0.0931 e. The van der Waals surface area contributed by atoms with Crippen LogP contribution in [0.15, 0.2) is 12.1 Å². The third-order valence-electron chi connectivity index (χ3n) is 3.26. The summed E-state index contributed by atoms with van der Waals surface area (Å²) in [6.45, 7) is 4.99. The molecule has 0 saturated carbocycles. The summed E-state index contributed by atoms with van der Waals surface area (Å²) >= 11 is 7.65. The summed E-state index contributed by atoms with van der Waals surface area (Å²) < 4.78 is 6.07. The van der Waals surface area contributed by atoms with Crippen LogP contribution in [0.1, 0.15) is 17.7 Å². The van der Waals surface area contributed by atoms with E-state index in [2.05, 4.69) is 16.3 Å². The summed E-state index contributed by atoms with van der Waals surface area (Å²) in [7, 11) is 1.76. The Morgan fingerprint density at radius 2 is 2.44 bits per heavy atom. The second-order valence-electron chi connectivity index (χ2n) is 4.73. The molecule has 18 heavy (non-hydrogen) atoms. The minimum atomic E-state index is 0.636. The van der Waals surface area contributed by atoms with Gasteiger partial charge >= 0.3 is 0 Å². The van der Waals surface area contributed by atoms with E-state index >= 15 is 0 Å².